The van der Waals surface area contributed by atoms with Crippen molar-refractivity contribution in [2.24, 2.45) is 0 Å². The van der Waals surface area contributed by atoms with E-state index in [1.165, 1.54) is 10.9 Å². The van der Waals surface area contributed by atoms with Gasteiger partial charge in [-0.05, 0) is 29.8 Å². The van der Waals surface area contributed by atoms with E-state index in [2.05, 4.69) is 25.4 Å². The van der Waals surface area contributed by atoms with E-state index in [9.17, 15) is 4.79 Å². The van der Waals surface area contributed by atoms with Crippen LogP contribution in [0.1, 0.15) is 11.5 Å². The molecule has 10 heteroatoms. The smallest absolute Gasteiger partial charge is 0.283 e. The molecule has 5 rings (SSSR count). The molecule has 0 unspecified atom stereocenters. The van der Waals surface area contributed by atoms with E-state index in [4.69, 9.17) is 9.26 Å². The van der Waals surface area contributed by atoms with Crippen LogP contribution in [0, 0.1) is 0 Å². The van der Waals surface area contributed by atoms with Gasteiger partial charge in [0.2, 0.25) is 11.7 Å². The Kier molecular flexibility index (Phi) is 4.71. The highest BCUT2D eigenvalue weighted by molar-refractivity contribution is 5.67. The molecule has 0 aliphatic heterocycles. The van der Waals surface area contributed by atoms with E-state index < -0.39 is 0 Å². The molecule has 2 aromatic carbocycles. The zero-order valence-electron chi connectivity index (χ0n) is 16.5. The summed E-state index contributed by atoms with van der Waals surface area (Å²) in [6.45, 7) is 0.555. The molecule has 0 aliphatic carbocycles. The Hall–Kier alpha value is -4.34. The fourth-order valence-corrected chi connectivity index (χ4v) is 3.18. The second-order valence-electron chi connectivity index (χ2n) is 6.82. The van der Waals surface area contributed by atoms with E-state index in [0.717, 1.165) is 16.9 Å². The van der Waals surface area contributed by atoms with Gasteiger partial charge in [0.05, 0.1) is 13.7 Å². The van der Waals surface area contributed by atoms with Crippen LogP contribution in [0.5, 0.6) is 5.75 Å². The minimum atomic E-state index is -0.325. The van der Waals surface area contributed by atoms with Crippen LogP contribution >= 0.6 is 0 Å². The fourth-order valence-electron chi connectivity index (χ4n) is 3.18. The van der Waals surface area contributed by atoms with Crippen LogP contribution in [-0.4, -0.2) is 41.8 Å². The number of aromatic nitrogens is 7. The topological polar surface area (TPSA) is 114 Å². The second-order valence-corrected chi connectivity index (χ2v) is 6.82. The Bertz CT molecular complexity index is 1390. The molecule has 10 nitrogen and oxygen atoms in total. The quantitative estimate of drug-likeness (QED) is 0.414. The van der Waals surface area contributed by atoms with Crippen molar-refractivity contribution in [3.63, 3.8) is 0 Å². The molecule has 0 fully saturated rings. The normalized spacial score (nSPS) is 11.1. The Morgan fingerprint density at radius 2 is 1.84 bits per heavy atom. The van der Waals surface area contributed by atoms with Gasteiger partial charge in [0.25, 0.3) is 5.56 Å². The molecule has 0 bridgehead atoms. The van der Waals surface area contributed by atoms with Crippen LogP contribution in [0.15, 0.2) is 70.2 Å². The van der Waals surface area contributed by atoms with Gasteiger partial charge in [0.1, 0.15) is 18.6 Å². The minimum Gasteiger partial charge on any atom is -0.497 e. The van der Waals surface area contributed by atoms with Gasteiger partial charge in [-0.2, -0.15) is 4.98 Å². The predicted molar refractivity (Wildman–Crippen MR) is 111 cm³/mol. The van der Waals surface area contributed by atoms with Gasteiger partial charge in [-0.15, -0.1) is 5.10 Å². The molecule has 0 aliphatic rings. The summed E-state index contributed by atoms with van der Waals surface area (Å²) in [7, 11) is 1.60. The lowest BCUT2D eigenvalue weighted by Gasteiger charge is -2.03. The molecule has 0 saturated heterocycles. The summed E-state index contributed by atoms with van der Waals surface area (Å²) in [6.07, 6.45) is 1.44. The van der Waals surface area contributed by atoms with Crippen molar-refractivity contribution in [3.05, 3.63) is 82.7 Å². The van der Waals surface area contributed by atoms with Gasteiger partial charge in [-0.3, -0.25) is 9.36 Å². The lowest BCUT2D eigenvalue weighted by molar-refractivity contribution is 0.369. The Labute approximate surface area is 175 Å². The number of benzene rings is 2. The molecule has 0 atom stereocenters. The maximum absolute atomic E-state index is 12.8. The van der Waals surface area contributed by atoms with Gasteiger partial charge >= 0.3 is 0 Å². The van der Waals surface area contributed by atoms with Crippen LogP contribution in [0.3, 0.4) is 0 Å². The summed E-state index contributed by atoms with van der Waals surface area (Å²) in [5.74, 6) is 1.44. The summed E-state index contributed by atoms with van der Waals surface area (Å²) in [6, 6.07) is 17.1. The standard InChI is InChI=1S/C21H17N7O3/c1-30-16-9-7-15(8-10-16)19-23-17(31-25-19)12-27-13-22-20-18(21(27)29)24-26-28(20)11-14-5-3-2-4-6-14/h2-10,13H,11-12H2,1H3. The number of hydrogen-bond acceptors (Lipinski definition) is 8. The molecule has 0 spiro atoms. The molecule has 0 saturated carbocycles. The number of nitrogens with zero attached hydrogens (tertiary/aromatic N) is 7. The number of methoxy groups -OCH3 is 1. The van der Waals surface area contributed by atoms with Gasteiger partial charge in [-0.25, -0.2) is 9.67 Å². The molecular formula is C21H17N7O3. The number of fused-ring (bicyclic) bond motifs is 1. The molecule has 3 aromatic heterocycles. The van der Waals surface area contributed by atoms with E-state index in [-0.39, 0.29) is 23.5 Å². The lowest BCUT2D eigenvalue weighted by atomic mass is 10.2. The van der Waals surface area contributed by atoms with Crippen molar-refractivity contribution in [3.8, 4) is 17.1 Å². The summed E-state index contributed by atoms with van der Waals surface area (Å²) >= 11 is 0. The van der Waals surface area contributed by atoms with Crippen LogP contribution in [0.25, 0.3) is 22.6 Å². The second kappa shape index (κ2) is 7.82. The van der Waals surface area contributed by atoms with Crippen LogP contribution < -0.4 is 10.3 Å². The average molecular weight is 415 g/mol. The van der Waals surface area contributed by atoms with E-state index in [1.54, 1.807) is 11.8 Å². The van der Waals surface area contributed by atoms with Crippen molar-refractivity contribution in [1.29, 1.82) is 0 Å². The largest absolute Gasteiger partial charge is 0.497 e. The first-order chi connectivity index (χ1) is 15.2. The maximum atomic E-state index is 12.8. The molecule has 3 heterocycles. The molecular weight excluding hydrogens is 398 g/mol. The lowest BCUT2D eigenvalue weighted by Crippen LogP contribution is -2.21. The molecule has 154 valence electrons. The molecule has 0 amide bonds. The van der Waals surface area contributed by atoms with Gasteiger partial charge in [-0.1, -0.05) is 40.7 Å². The van der Waals surface area contributed by atoms with E-state index >= 15 is 0 Å². The Balaban J connectivity index is 1.39. The third-order valence-electron chi connectivity index (χ3n) is 4.79. The van der Waals surface area contributed by atoms with Crippen molar-refractivity contribution >= 4 is 11.2 Å². The van der Waals surface area contributed by atoms with Crippen LogP contribution in [-0.2, 0) is 13.1 Å². The van der Waals surface area contributed by atoms with E-state index in [1.807, 2.05) is 54.6 Å². The van der Waals surface area contributed by atoms with Crippen molar-refractivity contribution in [1.82, 2.24) is 34.7 Å². The SMILES string of the molecule is COc1ccc(-c2noc(Cn3cnc4c(nnn4Cc4ccccc4)c3=O)n2)cc1. The fraction of sp³-hybridized carbons (Fsp3) is 0.143. The van der Waals surface area contributed by atoms with Crippen molar-refractivity contribution in [2.45, 2.75) is 13.1 Å². The first kappa shape index (κ1) is 18.7. The summed E-state index contributed by atoms with van der Waals surface area (Å²) in [5, 5.41) is 12.1. The summed E-state index contributed by atoms with van der Waals surface area (Å²) in [4.78, 5) is 21.6. The van der Waals surface area contributed by atoms with Crippen molar-refractivity contribution in [2.75, 3.05) is 7.11 Å². The van der Waals surface area contributed by atoms with Gasteiger partial charge in [0.15, 0.2) is 11.2 Å². The van der Waals surface area contributed by atoms with Crippen molar-refractivity contribution < 1.29 is 9.26 Å². The Morgan fingerprint density at radius 1 is 1.03 bits per heavy atom. The number of ether oxygens (including phenoxy) is 1. The highest BCUT2D eigenvalue weighted by atomic mass is 16.5. The average Bonchev–Trinajstić information content (AvgIpc) is 3.44. The Morgan fingerprint density at radius 3 is 2.61 bits per heavy atom. The van der Waals surface area contributed by atoms with Crippen LogP contribution in [0.2, 0.25) is 0 Å². The zero-order valence-corrected chi connectivity index (χ0v) is 16.5. The monoisotopic (exact) mass is 415 g/mol. The summed E-state index contributed by atoms with van der Waals surface area (Å²) in [5.41, 5.74) is 2.11. The molecule has 31 heavy (non-hydrogen) atoms. The third-order valence-corrected chi connectivity index (χ3v) is 4.79. The van der Waals surface area contributed by atoms with Gasteiger partial charge in [0, 0.05) is 5.56 Å². The predicted octanol–water partition coefficient (Wildman–Crippen LogP) is 2.14. The third kappa shape index (κ3) is 3.66. The van der Waals surface area contributed by atoms with Gasteiger partial charge < -0.3 is 9.26 Å². The molecule has 0 N–H and O–H groups in total. The zero-order chi connectivity index (χ0) is 21.2. The number of hydrogen-bond donors (Lipinski definition) is 0. The number of rotatable bonds is 6. The highest BCUT2D eigenvalue weighted by Gasteiger charge is 2.15. The highest BCUT2D eigenvalue weighted by Crippen LogP contribution is 2.19. The first-order valence-corrected chi connectivity index (χ1v) is 9.51. The molecule has 0 radical (unpaired) electrons. The first-order valence-electron chi connectivity index (χ1n) is 9.51. The maximum Gasteiger partial charge on any atom is 0.283 e. The minimum absolute atomic E-state index is 0.0798. The van der Waals surface area contributed by atoms with Crippen LogP contribution in [0.4, 0.5) is 0 Å². The molecule has 5 aromatic rings. The summed E-state index contributed by atoms with van der Waals surface area (Å²) < 4.78 is 13.4. The van der Waals surface area contributed by atoms with E-state index in [0.29, 0.717) is 18.0 Å².